The summed E-state index contributed by atoms with van der Waals surface area (Å²) in [7, 11) is 0. The second-order valence-electron chi connectivity index (χ2n) is 8.69. The van der Waals surface area contributed by atoms with E-state index in [4.69, 9.17) is 0 Å². The molecule has 6 rings (SSSR count). The molecule has 8 nitrogen and oxygen atoms in total. The topological polar surface area (TPSA) is 110 Å². The molecule has 190 valence electrons. The minimum Gasteiger partial charge on any atom is -0.293 e. The van der Waals surface area contributed by atoms with E-state index in [2.05, 4.69) is 4.98 Å². The van der Waals surface area contributed by atoms with Gasteiger partial charge in [0.1, 0.15) is 5.56 Å². The second-order valence-corrected chi connectivity index (χ2v) is 10.9. The first-order valence-corrected chi connectivity index (χ1v) is 13.6. The molecule has 2 heterocycles. The minimum absolute atomic E-state index is 0.00478. The summed E-state index contributed by atoms with van der Waals surface area (Å²) in [5.74, 6) is -1.16. The number of benzene rings is 4. The fourth-order valence-electron chi connectivity index (χ4n) is 4.44. The van der Waals surface area contributed by atoms with Crippen LogP contribution in [0.5, 0.6) is 0 Å². The number of aromatic nitrogens is 1. The minimum atomic E-state index is -0.732. The third-order valence-corrected chi connectivity index (χ3v) is 8.50. The average molecular weight is 552 g/mol. The number of anilines is 1. The van der Waals surface area contributed by atoms with Crippen molar-refractivity contribution < 1.29 is 19.3 Å². The molecule has 0 bridgehead atoms. The van der Waals surface area contributed by atoms with E-state index in [1.54, 1.807) is 18.2 Å². The summed E-state index contributed by atoms with van der Waals surface area (Å²) in [6.07, 6.45) is 0. The summed E-state index contributed by atoms with van der Waals surface area (Å²) in [5, 5.41) is 11.4. The van der Waals surface area contributed by atoms with Crippen LogP contribution in [-0.4, -0.2) is 33.3 Å². The Morgan fingerprint density at radius 1 is 0.897 bits per heavy atom. The molecule has 0 radical (unpaired) electrons. The number of carbonyl (C=O) groups is 3. The van der Waals surface area contributed by atoms with Crippen molar-refractivity contribution in [2.75, 3.05) is 10.7 Å². The molecule has 1 aliphatic rings. The largest absolute Gasteiger partial charge is 0.293 e. The zero-order valence-electron chi connectivity index (χ0n) is 20.1. The number of imide groups is 1. The predicted octanol–water partition coefficient (Wildman–Crippen LogP) is 6.65. The molecular weight excluding hydrogens is 534 g/mol. The lowest BCUT2D eigenvalue weighted by molar-refractivity contribution is -0.385. The molecule has 0 unspecified atom stereocenters. The molecule has 4 aromatic carbocycles. The van der Waals surface area contributed by atoms with Gasteiger partial charge in [0.2, 0.25) is 0 Å². The van der Waals surface area contributed by atoms with Gasteiger partial charge in [0.05, 0.1) is 32.1 Å². The number of rotatable bonds is 7. The van der Waals surface area contributed by atoms with E-state index in [0.29, 0.717) is 21.1 Å². The van der Waals surface area contributed by atoms with Crippen LogP contribution in [0.3, 0.4) is 0 Å². The Labute approximate surface area is 230 Å². The number of thioether (sulfide) groups is 1. The molecule has 0 saturated carbocycles. The van der Waals surface area contributed by atoms with Gasteiger partial charge in [-0.2, -0.15) is 0 Å². The van der Waals surface area contributed by atoms with Crippen LogP contribution < -0.4 is 4.90 Å². The van der Waals surface area contributed by atoms with Crippen molar-refractivity contribution in [2.45, 2.75) is 4.34 Å². The van der Waals surface area contributed by atoms with E-state index >= 15 is 0 Å². The van der Waals surface area contributed by atoms with Crippen LogP contribution in [-0.2, 0) is 0 Å². The van der Waals surface area contributed by atoms with Crippen molar-refractivity contribution in [2.24, 2.45) is 0 Å². The van der Waals surface area contributed by atoms with Crippen LogP contribution >= 0.6 is 23.1 Å². The molecular formula is C29H17N3O5S2. The fourth-order valence-corrected chi connectivity index (χ4v) is 6.43. The number of ketones is 1. The molecule has 0 saturated heterocycles. The highest BCUT2D eigenvalue weighted by Gasteiger charge is 2.41. The smallest absolute Gasteiger partial charge is 0.283 e. The maximum absolute atomic E-state index is 13.0. The van der Waals surface area contributed by atoms with Gasteiger partial charge < -0.3 is 0 Å². The number of carbonyl (C=O) groups excluding carboxylic acids is 3. The van der Waals surface area contributed by atoms with Gasteiger partial charge in [0, 0.05) is 11.6 Å². The maximum Gasteiger partial charge on any atom is 0.283 e. The number of nitro benzene ring substituents is 1. The van der Waals surface area contributed by atoms with E-state index in [-0.39, 0.29) is 22.7 Å². The number of thiazole rings is 1. The highest BCUT2D eigenvalue weighted by molar-refractivity contribution is 8.01. The monoisotopic (exact) mass is 551 g/mol. The molecule has 5 aromatic rings. The number of nitro groups is 1. The zero-order valence-corrected chi connectivity index (χ0v) is 21.7. The SMILES string of the molecule is O=C(CSc1nc2ccc(N3C(=O)c4cccc([N+](=O)[O-])c4C3=O)cc2s1)c1ccc(-c2ccccc2)cc1. The Balaban J connectivity index is 1.18. The lowest BCUT2D eigenvalue weighted by Gasteiger charge is -2.13. The third kappa shape index (κ3) is 4.49. The standard InChI is InChI=1S/C29H17N3O5S2/c33-24(19-11-9-18(10-12-19)17-5-2-1-3-6-17)16-38-29-30-22-14-13-20(15-25(22)39-29)31-27(34)21-7-4-8-23(32(36)37)26(21)28(31)35/h1-15H,16H2. The summed E-state index contributed by atoms with van der Waals surface area (Å²) in [4.78, 5) is 55.0. The first-order chi connectivity index (χ1) is 18.9. The Kier molecular flexibility index (Phi) is 6.26. The molecule has 2 amide bonds. The van der Waals surface area contributed by atoms with Crippen molar-refractivity contribution in [3.8, 4) is 11.1 Å². The summed E-state index contributed by atoms with van der Waals surface area (Å²) in [6, 6.07) is 26.4. The van der Waals surface area contributed by atoms with Crippen LogP contribution in [0.4, 0.5) is 11.4 Å². The highest BCUT2D eigenvalue weighted by atomic mass is 32.2. The Hall–Kier alpha value is -4.67. The van der Waals surface area contributed by atoms with Crippen LogP contribution in [0.1, 0.15) is 31.1 Å². The van der Waals surface area contributed by atoms with Gasteiger partial charge >= 0.3 is 0 Å². The van der Waals surface area contributed by atoms with Gasteiger partial charge in [-0.25, -0.2) is 9.88 Å². The van der Waals surface area contributed by atoms with Crippen molar-refractivity contribution >= 4 is 62.3 Å². The van der Waals surface area contributed by atoms with Gasteiger partial charge in [-0.05, 0) is 35.4 Å². The molecule has 0 aliphatic carbocycles. The summed E-state index contributed by atoms with van der Waals surface area (Å²) in [5.41, 5.74) is 3.10. The number of hydrogen-bond acceptors (Lipinski definition) is 8. The van der Waals surface area contributed by atoms with E-state index in [9.17, 15) is 24.5 Å². The van der Waals surface area contributed by atoms with E-state index < -0.39 is 22.4 Å². The number of Topliss-reactive ketones (excluding diaryl/α,β-unsaturated/α-hetero) is 1. The Morgan fingerprint density at radius 2 is 1.64 bits per heavy atom. The molecule has 0 N–H and O–H groups in total. The van der Waals surface area contributed by atoms with Gasteiger partial charge in [-0.1, -0.05) is 72.4 Å². The second kappa shape index (κ2) is 9.90. The van der Waals surface area contributed by atoms with E-state index in [0.717, 1.165) is 20.7 Å². The first-order valence-electron chi connectivity index (χ1n) is 11.8. The maximum atomic E-state index is 13.0. The molecule has 0 spiro atoms. The Bertz CT molecular complexity index is 1800. The average Bonchev–Trinajstić information content (AvgIpc) is 3.49. The molecule has 1 aromatic heterocycles. The van der Waals surface area contributed by atoms with E-state index in [1.807, 2.05) is 54.6 Å². The van der Waals surface area contributed by atoms with Crippen molar-refractivity contribution in [3.63, 3.8) is 0 Å². The normalized spacial score (nSPS) is 12.7. The molecule has 39 heavy (non-hydrogen) atoms. The van der Waals surface area contributed by atoms with Crippen molar-refractivity contribution in [3.05, 3.63) is 118 Å². The number of hydrogen-bond donors (Lipinski definition) is 0. The lowest BCUT2D eigenvalue weighted by Crippen LogP contribution is -2.29. The molecule has 1 aliphatic heterocycles. The summed E-state index contributed by atoms with van der Waals surface area (Å²) < 4.78 is 1.40. The van der Waals surface area contributed by atoms with Gasteiger partial charge in [-0.3, -0.25) is 24.5 Å². The fraction of sp³-hybridized carbons (Fsp3) is 0.0345. The van der Waals surface area contributed by atoms with Crippen LogP contribution in [0.25, 0.3) is 21.3 Å². The van der Waals surface area contributed by atoms with Crippen molar-refractivity contribution in [1.29, 1.82) is 0 Å². The zero-order chi connectivity index (χ0) is 27.1. The first kappa shape index (κ1) is 24.7. The highest BCUT2D eigenvalue weighted by Crippen LogP contribution is 2.37. The molecule has 10 heteroatoms. The van der Waals surface area contributed by atoms with Crippen LogP contribution in [0, 0.1) is 10.1 Å². The van der Waals surface area contributed by atoms with Gasteiger partial charge in [0.25, 0.3) is 17.5 Å². The van der Waals surface area contributed by atoms with Gasteiger partial charge in [-0.15, -0.1) is 11.3 Å². The summed E-state index contributed by atoms with van der Waals surface area (Å²) >= 11 is 2.66. The van der Waals surface area contributed by atoms with Gasteiger partial charge in [0.15, 0.2) is 10.1 Å². The summed E-state index contributed by atoms with van der Waals surface area (Å²) in [6.45, 7) is 0. The molecule has 0 atom stereocenters. The number of amides is 2. The molecule has 0 fully saturated rings. The van der Waals surface area contributed by atoms with Crippen molar-refractivity contribution in [1.82, 2.24) is 4.98 Å². The Morgan fingerprint density at radius 3 is 2.38 bits per heavy atom. The van der Waals surface area contributed by atoms with E-state index in [1.165, 1.54) is 41.3 Å². The number of fused-ring (bicyclic) bond motifs is 2. The number of nitrogens with zero attached hydrogens (tertiary/aromatic N) is 3. The van der Waals surface area contributed by atoms with Crippen LogP contribution in [0.2, 0.25) is 0 Å². The lowest BCUT2D eigenvalue weighted by atomic mass is 10.0. The third-order valence-electron chi connectivity index (χ3n) is 6.34. The predicted molar refractivity (Wildman–Crippen MR) is 151 cm³/mol. The van der Waals surface area contributed by atoms with Crippen LogP contribution in [0.15, 0.2) is 95.3 Å². The quantitative estimate of drug-likeness (QED) is 0.0732.